The summed E-state index contributed by atoms with van der Waals surface area (Å²) in [7, 11) is -2.14. The summed E-state index contributed by atoms with van der Waals surface area (Å²) in [4.78, 5) is 13.1. The lowest BCUT2D eigenvalue weighted by Gasteiger charge is -2.33. The molecule has 0 unspecified atom stereocenters. The van der Waals surface area contributed by atoms with Crippen LogP contribution in [-0.4, -0.2) is 56.8 Å². The van der Waals surface area contributed by atoms with Crippen LogP contribution >= 0.6 is 0 Å². The van der Waals surface area contributed by atoms with Crippen molar-refractivity contribution in [3.63, 3.8) is 0 Å². The van der Waals surface area contributed by atoms with E-state index in [2.05, 4.69) is 0 Å². The fourth-order valence-electron chi connectivity index (χ4n) is 2.21. The molecule has 6 nitrogen and oxygen atoms in total. The molecule has 20 heavy (non-hydrogen) atoms. The van der Waals surface area contributed by atoms with Gasteiger partial charge in [0.2, 0.25) is 15.9 Å². The van der Waals surface area contributed by atoms with Gasteiger partial charge in [-0.25, -0.2) is 8.42 Å². The van der Waals surface area contributed by atoms with Crippen molar-refractivity contribution in [1.29, 1.82) is 0 Å². The van der Waals surface area contributed by atoms with Gasteiger partial charge < -0.3 is 9.64 Å². The molecule has 1 amide bonds. The Labute approximate surface area is 119 Å². The molecule has 0 saturated carbocycles. The third kappa shape index (κ3) is 2.78. The van der Waals surface area contributed by atoms with Crippen LogP contribution in [-0.2, 0) is 14.8 Å². The molecule has 1 aliphatic rings. The molecule has 0 N–H and O–H groups in total. The maximum absolute atomic E-state index is 12.6. The molecular formula is C13H18N2O4S. The van der Waals surface area contributed by atoms with Gasteiger partial charge in [-0.2, -0.15) is 4.31 Å². The molecule has 2 rings (SSSR count). The van der Waals surface area contributed by atoms with Gasteiger partial charge in [-0.15, -0.1) is 0 Å². The Hall–Kier alpha value is -1.60. The maximum Gasteiger partial charge on any atom is 0.246 e. The number of carbonyl (C=O) groups excluding carboxylic acids is 1. The Morgan fingerprint density at radius 2 is 1.75 bits per heavy atom. The Morgan fingerprint density at radius 3 is 2.30 bits per heavy atom. The van der Waals surface area contributed by atoms with E-state index in [4.69, 9.17) is 4.74 Å². The van der Waals surface area contributed by atoms with E-state index in [0.717, 1.165) is 0 Å². The molecule has 110 valence electrons. The van der Waals surface area contributed by atoms with Crippen molar-refractivity contribution in [3.05, 3.63) is 24.3 Å². The highest BCUT2D eigenvalue weighted by Crippen LogP contribution is 2.26. The van der Waals surface area contributed by atoms with Crippen LogP contribution in [0, 0.1) is 0 Å². The summed E-state index contributed by atoms with van der Waals surface area (Å²) >= 11 is 0. The van der Waals surface area contributed by atoms with E-state index < -0.39 is 10.0 Å². The van der Waals surface area contributed by atoms with Gasteiger partial charge in [0, 0.05) is 33.1 Å². The molecule has 1 aliphatic heterocycles. The van der Waals surface area contributed by atoms with Gasteiger partial charge in [0.1, 0.15) is 10.6 Å². The van der Waals surface area contributed by atoms with Gasteiger partial charge in [-0.1, -0.05) is 12.1 Å². The van der Waals surface area contributed by atoms with Gasteiger partial charge in [-0.3, -0.25) is 4.79 Å². The highest BCUT2D eigenvalue weighted by molar-refractivity contribution is 7.89. The first-order valence-corrected chi connectivity index (χ1v) is 7.79. The SMILES string of the molecule is COc1ccccc1S(=O)(=O)N1CCN(C(C)=O)CC1. The number of ether oxygens (including phenoxy) is 1. The average molecular weight is 298 g/mol. The molecule has 1 saturated heterocycles. The lowest BCUT2D eigenvalue weighted by atomic mass is 10.3. The van der Waals surface area contributed by atoms with Gasteiger partial charge in [-0.05, 0) is 12.1 Å². The second kappa shape index (κ2) is 5.80. The van der Waals surface area contributed by atoms with Gasteiger partial charge in [0.15, 0.2) is 0 Å². The minimum atomic E-state index is -3.58. The maximum atomic E-state index is 12.6. The van der Waals surface area contributed by atoms with Gasteiger partial charge >= 0.3 is 0 Å². The smallest absolute Gasteiger partial charge is 0.246 e. The van der Waals surface area contributed by atoms with Gasteiger partial charge in [0.05, 0.1) is 7.11 Å². The Morgan fingerprint density at radius 1 is 1.15 bits per heavy atom. The molecule has 0 bridgehead atoms. The van der Waals surface area contributed by atoms with Crippen LogP contribution in [0.3, 0.4) is 0 Å². The summed E-state index contributed by atoms with van der Waals surface area (Å²) in [5.41, 5.74) is 0. The van der Waals surface area contributed by atoms with Crippen LogP contribution in [0.25, 0.3) is 0 Å². The van der Waals surface area contributed by atoms with Crippen LogP contribution < -0.4 is 4.74 Å². The number of hydrogen-bond donors (Lipinski definition) is 0. The molecule has 7 heteroatoms. The first-order chi connectivity index (χ1) is 9.46. The highest BCUT2D eigenvalue weighted by Gasteiger charge is 2.31. The van der Waals surface area contributed by atoms with E-state index in [0.29, 0.717) is 31.9 Å². The fourth-order valence-corrected chi connectivity index (χ4v) is 3.79. The first-order valence-electron chi connectivity index (χ1n) is 6.35. The standard InChI is InChI=1S/C13H18N2O4S/c1-11(16)14-7-9-15(10-8-14)20(17,18)13-6-4-3-5-12(13)19-2/h3-6H,7-10H2,1-2H3. The molecule has 0 spiro atoms. The number of carbonyl (C=O) groups is 1. The number of nitrogens with zero attached hydrogens (tertiary/aromatic N) is 2. The molecule has 0 aliphatic carbocycles. The summed E-state index contributed by atoms with van der Waals surface area (Å²) in [6, 6.07) is 6.55. The van der Waals surface area contributed by atoms with E-state index in [1.54, 1.807) is 23.1 Å². The number of para-hydroxylation sites is 1. The van der Waals surface area contributed by atoms with Crippen molar-refractivity contribution < 1.29 is 17.9 Å². The summed E-state index contributed by atoms with van der Waals surface area (Å²) in [6.07, 6.45) is 0. The summed E-state index contributed by atoms with van der Waals surface area (Å²) in [6.45, 7) is 2.94. The number of amides is 1. The zero-order valence-electron chi connectivity index (χ0n) is 11.6. The number of methoxy groups -OCH3 is 1. The zero-order valence-corrected chi connectivity index (χ0v) is 12.4. The van der Waals surface area contributed by atoms with E-state index in [1.165, 1.54) is 24.4 Å². The van der Waals surface area contributed by atoms with Crippen LogP contribution in [0.5, 0.6) is 5.75 Å². The molecule has 0 radical (unpaired) electrons. The molecule has 1 aromatic rings. The number of hydrogen-bond acceptors (Lipinski definition) is 4. The van der Waals surface area contributed by atoms with E-state index >= 15 is 0 Å². The highest BCUT2D eigenvalue weighted by atomic mass is 32.2. The number of piperazine rings is 1. The van der Waals surface area contributed by atoms with Crippen molar-refractivity contribution in [2.75, 3.05) is 33.3 Å². The van der Waals surface area contributed by atoms with Crippen molar-refractivity contribution in [2.24, 2.45) is 0 Å². The fraction of sp³-hybridized carbons (Fsp3) is 0.462. The molecule has 1 fully saturated rings. The van der Waals surface area contributed by atoms with E-state index in [1.807, 2.05) is 0 Å². The zero-order chi connectivity index (χ0) is 14.8. The summed E-state index contributed by atoms with van der Waals surface area (Å²) in [5.74, 6) is 0.306. The summed E-state index contributed by atoms with van der Waals surface area (Å²) in [5, 5.41) is 0. The monoisotopic (exact) mass is 298 g/mol. The minimum Gasteiger partial charge on any atom is -0.495 e. The van der Waals surface area contributed by atoms with Crippen molar-refractivity contribution in [2.45, 2.75) is 11.8 Å². The molecule has 0 atom stereocenters. The average Bonchev–Trinajstić information content (AvgIpc) is 2.47. The number of rotatable bonds is 3. The predicted octanol–water partition coefficient (Wildman–Crippen LogP) is 0.548. The largest absolute Gasteiger partial charge is 0.495 e. The summed E-state index contributed by atoms with van der Waals surface area (Å²) < 4.78 is 31.7. The van der Waals surface area contributed by atoms with Crippen LogP contribution in [0.2, 0.25) is 0 Å². The lowest BCUT2D eigenvalue weighted by Crippen LogP contribution is -2.49. The minimum absolute atomic E-state index is 0.0284. The molecular weight excluding hydrogens is 280 g/mol. The quantitative estimate of drug-likeness (QED) is 0.817. The lowest BCUT2D eigenvalue weighted by molar-refractivity contribution is -0.129. The Kier molecular flexibility index (Phi) is 4.29. The molecule has 1 aromatic carbocycles. The molecule has 0 aromatic heterocycles. The van der Waals surface area contributed by atoms with Crippen LogP contribution in [0.15, 0.2) is 29.2 Å². The van der Waals surface area contributed by atoms with Crippen LogP contribution in [0.4, 0.5) is 0 Å². The Bertz CT molecular complexity index is 592. The van der Waals surface area contributed by atoms with Gasteiger partial charge in [0.25, 0.3) is 0 Å². The third-order valence-corrected chi connectivity index (χ3v) is 5.31. The topological polar surface area (TPSA) is 66.9 Å². The first kappa shape index (κ1) is 14.8. The van der Waals surface area contributed by atoms with E-state index in [-0.39, 0.29) is 10.8 Å². The number of benzene rings is 1. The number of sulfonamides is 1. The normalized spacial score (nSPS) is 17.0. The van der Waals surface area contributed by atoms with Crippen LogP contribution in [0.1, 0.15) is 6.92 Å². The van der Waals surface area contributed by atoms with Crippen molar-refractivity contribution in [1.82, 2.24) is 9.21 Å². The predicted molar refractivity (Wildman–Crippen MR) is 74.0 cm³/mol. The molecule has 1 heterocycles. The third-order valence-electron chi connectivity index (χ3n) is 3.37. The second-order valence-corrected chi connectivity index (χ2v) is 6.47. The Balaban J connectivity index is 2.22. The second-order valence-electron chi connectivity index (χ2n) is 4.56. The van der Waals surface area contributed by atoms with Crippen molar-refractivity contribution in [3.8, 4) is 5.75 Å². The van der Waals surface area contributed by atoms with E-state index in [9.17, 15) is 13.2 Å². The van der Waals surface area contributed by atoms with Crippen molar-refractivity contribution >= 4 is 15.9 Å².